The van der Waals surface area contributed by atoms with Crippen LogP contribution < -0.4 is 5.73 Å². The lowest BCUT2D eigenvalue weighted by Crippen LogP contribution is -2.41. The molecule has 19 heavy (non-hydrogen) atoms. The van der Waals surface area contributed by atoms with E-state index in [-0.39, 0.29) is 6.04 Å². The van der Waals surface area contributed by atoms with Gasteiger partial charge in [-0.3, -0.25) is 4.90 Å². The number of hydrogen-bond acceptors (Lipinski definition) is 2. The third-order valence-electron chi connectivity index (χ3n) is 4.43. The van der Waals surface area contributed by atoms with Crippen molar-refractivity contribution in [3.05, 3.63) is 34.9 Å². The molecule has 0 saturated heterocycles. The Morgan fingerprint density at radius 3 is 2.84 bits per heavy atom. The van der Waals surface area contributed by atoms with E-state index in [9.17, 15) is 0 Å². The molecule has 1 aliphatic carbocycles. The summed E-state index contributed by atoms with van der Waals surface area (Å²) in [5, 5.41) is 0.793. The van der Waals surface area contributed by atoms with Crippen LogP contribution in [0.2, 0.25) is 5.02 Å². The molecule has 1 aromatic rings. The van der Waals surface area contributed by atoms with Crippen LogP contribution in [-0.4, -0.2) is 24.5 Å². The van der Waals surface area contributed by atoms with Crippen LogP contribution in [0.5, 0.6) is 0 Å². The van der Waals surface area contributed by atoms with Crippen molar-refractivity contribution in [3.63, 3.8) is 0 Å². The van der Waals surface area contributed by atoms with E-state index in [2.05, 4.69) is 24.9 Å². The Balaban J connectivity index is 2.12. The number of hydrogen-bond donors (Lipinski definition) is 1. The van der Waals surface area contributed by atoms with Crippen molar-refractivity contribution in [1.29, 1.82) is 0 Å². The van der Waals surface area contributed by atoms with Gasteiger partial charge in [-0.25, -0.2) is 0 Å². The van der Waals surface area contributed by atoms with Crippen LogP contribution in [0.4, 0.5) is 0 Å². The van der Waals surface area contributed by atoms with E-state index in [0.717, 1.165) is 10.9 Å². The van der Waals surface area contributed by atoms with Crippen LogP contribution in [0.15, 0.2) is 24.3 Å². The van der Waals surface area contributed by atoms with Gasteiger partial charge in [0, 0.05) is 23.7 Å². The van der Waals surface area contributed by atoms with Gasteiger partial charge in [-0.05, 0) is 43.5 Å². The monoisotopic (exact) mass is 280 g/mol. The van der Waals surface area contributed by atoms with Gasteiger partial charge in [-0.15, -0.1) is 0 Å². The average molecular weight is 281 g/mol. The zero-order valence-electron chi connectivity index (χ0n) is 12.0. The standard InChI is InChI=1S/C16H25ClN2/c1-12-5-3-8-15(9-12)19(2)16(11-18)13-6-4-7-14(17)10-13/h4,6-7,10,12,15-16H,3,5,8-9,11,18H2,1-2H3. The first kappa shape index (κ1) is 14.8. The van der Waals surface area contributed by atoms with E-state index < -0.39 is 0 Å². The van der Waals surface area contributed by atoms with Gasteiger partial charge >= 0.3 is 0 Å². The van der Waals surface area contributed by atoms with Crippen molar-refractivity contribution in [3.8, 4) is 0 Å². The molecule has 0 aliphatic heterocycles. The maximum atomic E-state index is 6.10. The minimum Gasteiger partial charge on any atom is -0.329 e. The molecular weight excluding hydrogens is 256 g/mol. The second-order valence-electron chi connectivity index (χ2n) is 5.90. The van der Waals surface area contributed by atoms with Crippen molar-refractivity contribution in [2.45, 2.75) is 44.7 Å². The fourth-order valence-corrected chi connectivity index (χ4v) is 3.48. The van der Waals surface area contributed by atoms with Gasteiger partial charge in [0.2, 0.25) is 0 Å². The summed E-state index contributed by atoms with van der Waals surface area (Å²) >= 11 is 6.10. The lowest BCUT2D eigenvalue weighted by Gasteiger charge is -2.39. The van der Waals surface area contributed by atoms with E-state index in [1.165, 1.54) is 31.2 Å². The summed E-state index contributed by atoms with van der Waals surface area (Å²) in [6, 6.07) is 9.03. The van der Waals surface area contributed by atoms with Crippen molar-refractivity contribution in [1.82, 2.24) is 4.90 Å². The second kappa shape index (κ2) is 6.74. The molecule has 3 unspecified atom stereocenters. The summed E-state index contributed by atoms with van der Waals surface area (Å²) in [6.07, 6.45) is 5.28. The molecule has 0 spiro atoms. The van der Waals surface area contributed by atoms with Gasteiger partial charge in [-0.1, -0.05) is 43.5 Å². The van der Waals surface area contributed by atoms with E-state index >= 15 is 0 Å². The molecule has 1 fully saturated rings. The van der Waals surface area contributed by atoms with Crippen molar-refractivity contribution in [2.24, 2.45) is 11.7 Å². The van der Waals surface area contributed by atoms with E-state index in [1.54, 1.807) is 0 Å². The van der Waals surface area contributed by atoms with Crippen molar-refractivity contribution < 1.29 is 0 Å². The van der Waals surface area contributed by atoms with Crippen LogP contribution >= 0.6 is 11.6 Å². The predicted octanol–water partition coefficient (Wildman–Crippen LogP) is 3.85. The summed E-state index contributed by atoms with van der Waals surface area (Å²) in [5.74, 6) is 0.832. The minimum atomic E-state index is 0.272. The van der Waals surface area contributed by atoms with Gasteiger partial charge in [0.05, 0.1) is 0 Å². The molecular formula is C16H25ClN2. The Bertz CT molecular complexity index is 407. The third kappa shape index (κ3) is 3.71. The van der Waals surface area contributed by atoms with Crippen LogP contribution in [0.1, 0.15) is 44.2 Å². The third-order valence-corrected chi connectivity index (χ3v) is 4.67. The molecule has 106 valence electrons. The van der Waals surface area contributed by atoms with E-state index in [0.29, 0.717) is 12.6 Å². The summed E-state index contributed by atoms with van der Waals surface area (Å²) in [4.78, 5) is 2.46. The molecule has 3 atom stereocenters. The summed E-state index contributed by atoms with van der Waals surface area (Å²) in [7, 11) is 2.21. The normalized spacial score (nSPS) is 25.5. The number of likely N-dealkylation sites (N-methyl/N-ethyl adjacent to an activating group) is 1. The molecule has 0 heterocycles. The molecule has 3 heteroatoms. The lowest BCUT2D eigenvalue weighted by molar-refractivity contribution is 0.121. The Hall–Kier alpha value is -0.570. The lowest BCUT2D eigenvalue weighted by atomic mass is 9.85. The van der Waals surface area contributed by atoms with Gasteiger partial charge in [0.1, 0.15) is 0 Å². The van der Waals surface area contributed by atoms with Gasteiger partial charge in [-0.2, -0.15) is 0 Å². The second-order valence-corrected chi connectivity index (χ2v) is 6.33. The molecule has 2 N–H and O–H groups in total. The quantitative estimate of drug-likeness (QED) is 0.908. The molecule has 2 rings (SSSR count). The number of nitrogens with two attached hydrogens (primary N) is 1. The molecule has 0 amide bonds. The zero-order valence-corrected chi connectivity index (χ0v) is 12.7. The maximum Gasteiger partial charge on any atom is 0.0470 e. The average Bonchev–Trinajstić information content (AvgIpc) is 2.39. The van der Waals surface area contributed by atoms with E-state index in [4.69, 9.17) is 17.3 Å². The molecule has 2 nitrogen and oxygen atoms in total. The first-order chi connectivity index (χ1) is 9.11. The number of nitrogens with zero attached hydrogens (tertiary/aromatic N) is 1. The first-order valence-electron chi connectivity index (χ1n) is 7.29. The highest BCUT2D eigenvalue weighted by molar-refractivity contribution is 6.30. The molecule has 0 bridgehead atoms. The van der Waals surface area contributed by atoms with Gasteiger partial charge in [0.15, 0.2) is 0 Å². The smallest absolute Gasteiger partial charge is 0.0470 e. The van der Waals surface area contributed by atoms with Gasteiger partial charge in [0.25, 0.3) is 0 Å². The summed E-state index contributed by atoms with van der Waals surface area (Å²) in [5.41, 5.74) is 7.24. The van der Waals surface area contributed by atoms with Crippen LogP contribution in [-0.2, 0) is 0 Å². The predicted molar refractivity (Wildman–Crippen MR) is 82.4 cm³/mol. The zero-order chi connectivity index (χ0) is 13.8. The van der Waals surface area contributed by atoms with Crippen LogP contribution in [0.25, 0.3) is 0 Å². The molecule has 1 aromatic carbocycles. The van der Waals surface area contributed by atoms with Crippen molar-refractivity contribution >= 4 is 11.6 Å². The summed E-state index contributed by atoms with van der Waals surface area (Å²) < 4.78 is 0. The number of rotatable bonds is 4. The number of halogens is 1. The molecule has 0 radical (unpaired) electrons. The minimum absolute atomic E-state index is 0.272. The number of benzene rings is 1. The fraction of sp³-hybridized carbons (Fsp3) is 0.625. The topological polar surface area (TPSA) is 29.3 Å². The summed E-state index contributed by atoms with van der Waals surface area (Å²) in [6.45, 7) is 3.00. The highest BCUT2D eigenvalue weighted by Gasteiger charge is 2.27. The Morgan fingerprint density at radius 1 is 1.42 bits per heavy atom. The SMILES string of the molecule is CC1CCCC(N(C)C(CN)c2cccc(Cl)c2)C1. The van der Waals surface area contributed by atoms with Crippen LogP contribution in [0, 0.1) is 5.92 Å². The Kier molecular flexibility index (Phi) is 5.26. The largest absolute Gasteiger partial charge is 0.329 e. The fourth-order valence-electron chi connectivity index (χ4n) is 3.28. The van der Waals surface area contributed by atoms with Crippen molar-refractivity contribution in [2.75, 3.05) is 13.6 Å². The van der Waals surface area contributed by atoms with Crippen LogP contribution in [0.3, 0.4) is 0 Å². The Morgan fingerprint density at radius 2 is 2.21 bits per heavy atom. The highest BCUT2D eigenvalue weighted by Crippen LogP contribution is 2.31. The maximum absolute atomic E-state index is 6.10. The highest BCUT2D eigenvalue weighted by atomic mass is 35.5. The molecule has 0 aromatic heterocycles. The van der Waals surface area contributed by atoms with E-state index in [1.807, 2.05) is 18.2 Å². The molecule has 1 aliphatic rings. The van der Waals surface area contributed by atoms with Gasteiger partial charge < -0.3 is 5.73 Å². The first-order valence-corrected chi connectivity index (χ1v) is 7.67. The molecule has 1 saturated carbocycles. The Labute approximate surface area is 121 Å².